The van der Waals surface area contributed by atoms with Crippen LogP contribution in [0.25, 0.3) is 0 Å². The summed E-state index contributed by atoms with van der Waals surface area (Å²) in [6, 6.07) is 2.08. The van der Waals surface area contributed by atoms with Crippen LogP contribution in [0.15, 0.2) is 6.07 Å². The number of anilines is 2. The maximum absolute atomic E-state index is 6.14. The Morgan fingerprint density at radius 1 is 1.22 bits per heavy atom. The van der Waals surface area contributed by atoms with Gasteiger partial charge in [-0.25, -0.2) is 4.98 Å². The van der Waals surface area contributed by atoms with E-state index in [0.717, 1.165) is 13.0 Å². The normalized spacial score (nSPS) is 12.3. The number of aromatic nitrogens is 1. The van der Waals surface area contributed by atoms with Crippen molar-refractivity contribution in [3.8, 4) is 0 Å². The molecule has 0 saturated heterocycles. The lowest BCUT2D eigenvalue weighted by Gasteiger charge is -2.16. The van der Waals surface area contributed by atoms with Crippen molar-refractivity contribution in [2.24, 2.45) is 0 Å². The molecular formula is C13H21Cl2N3. The first-order valence-electron chi connectivity index (χ1n) is 6.44. The number of unbranched alkanes of at least 4 members (excludes halogenated alkanes) is 1. The van der Waals surface area contributed by atoms with Crippen molar-refractivity contribution in [3.05, 3.63) is 16.1 Å². The van der Waals surface area contributed by atoms with Crippen LogP contribution >= 0.6 is 23.2 Å². The van der Waals surface area contributed by atoms with Crippen molar-refractivity contribution in [1.29, 1.82) is 0 Å². The number of halogens is 2. The molecule has 0 radical (unpaired) electrons. The predicted molar refractivity (Wildman–Crippen MR) is 81.0 cm³/mol. The monoisotopic (exact) mass is 289 g/mol. The lowest BCUT2D eigenvalue weighted by molar-refractivity contribution is 0.643. The van der Waals surface area contributed by atoms with Crippen molar-refractivity contribution in [1.82, 2.24) is 4.98 Å². The fraction of sp³-hybridized carbons (Fsp3) is 0.615. The Morgan fingerprint density at radius 2 is 1.89 bits per heavy atom. The molecule has 0 fully saturated rings. The van der Waals surface area contributed by atoms with E-state index in [4.69, 9.17) is 23.2 Å². The average Bonchev–Trinajstić information content (AvgIpc) is 2.33. The van der Waals surface area contributed by atoms with Gasteiger partial charge in [-0.15, -0.1) is 0 Å². The Bertz CT molecular complexity index is 383. The molecule has 0 saturated carbocycles. The maximum Gasteiger partial charge on any atom is 0.147 e. The minimum atomic E-state index is 0.352. The van der Waals surface area contributed by atoms with Crippen LogP contribution in [-0.2, 0) is 0 Å². The molecular weight excluding hydrogens is 269 g/mol. The van der Waals surface area contributed by atoms with Gasteiger partial charge in [0.25, 0.3) is 0 Å². The van der Waals surface area contributed by atoms with E-state index >= 15 is 0 Å². The number of hydrogen-bond donors (Lipinski definition) is 2. The van der Waals surface area contributed by atoms with E-state index in [2.05, 4.69) is 29.5 Å². The molecule has 18 heavy (non-hydrogen) atoms. The molecule has 0 bridgehead atoms. The van der Waals surface area contributed by atoms with Gasteiger partial charge in [-0.3, -0.25) is 0 Å². The van der Waals surface area contributed by atoms with Crippen LogP contribution in [0.4, 0.5) is 11.6 Å². The van der Waals surface area contributed by atoms with E-state index in [1.165, 1.54) is 12.8 Å². The molecule has 1 atom stereocenters. The number of hydrogen-bond acceptors (Lipinski definition) is 3. The Balaban J connectivity index is 2.78. The molecule has 102 valence electrons. The van der Waals surface area contributed by atoms with Gasteiger partial charge in [-0.05, 0) is 26.3 Å². The largest absolute Gasteiger partial charge is 0.369 e. The van der Waals surface area contributed by atoms with Gasteiger partial charge < -0.3 is 10.6 Å². The Morgan fingerprint density at radius 3 is 2.50 bits per heavy atom. The number of nitrogens with zero attached hydrogens (tertiary/aromatic N) is 1. The van der Waals surface area contributed by atoms with Crippen molar-refractivity contribution in [3.63, 3.8) is 0 Å². The van der Waals surface area contributed by atoms with Crippen LogP contribution in [0.5, 0.6) is 0 Å². The second-order valence-corrected chi connectivity index (χ2v) is 5.18. The molecule has 0 spiro atoms. The standard InChI is InChI=1S/C13H21Cl2N3/c1-4-6-7-9(3)17-13-11(15)8-10(14)12(18-13)16-5-2/h8-9H,4-7H2,1-3H3,(H2,16,17,18). The second kappa shape index (κ2) is 7.70. The topological polar surface area (TPSA) is 37.0 Å². The quantitative estimate of drug-likeness (QED) is 0.756. The van der Waals surface area contributed by atoms with Crippen LogP contribution in [0.1, 0.15) is 40.0 Å². The van der Waals surface area contributed by atoms with E-state index in [1.807, 2.05) is 6.92 Å². The zero-order valence-corrected chi connectivity index (χ0v) is 12.7. The molecule has 1 heterocycles. The minimum Gasteiger partial charge on any atom is -0.369 e. The van der Waals surface area contributed by atoms with E-state index in [1.54, 1.807) is 6.07 Å². The van der Waals surface area contributed by atoms with Crippen molar-refractivity contribution in [2.75, 3.05) is 17.2 Å². The lowest BCUT2D eigenvalue weighted by atomic mass is 10.1. The summed E-state index contributed by atoms with van der Waals surface area (Å²) in [7, 11) is 0. The molecule has 0 aliphatic rings. The highest BCUT2D eigenvalue weighted by Gasteiger charge is 2.11. The van der Waals surface area contributed by atoms with Crippen LogP contribution in [0.3, 0.4) is 0 Å². The highest BCUT2D eigenvalue weighted by atomic mass is 35.5. The van der Waals surface area contributed by atoms with Gasteiger partial charge in [0.2, 0.25) is 0 Å². The molecule has 1 unspecified atom stereocenters. The second-order valence-electron chi connectivity index (χ2n) is 4.37. The predicted octanol–water partition coefficient (Wildman–Crippen LogP) is 4.81. The smallest absolute Gasteiger partial charge is 0.147 e. The summed E-state index contributed by atoms with van der Waals surface area (Å²) in [5.74, 6) is 1.37. The Labute approximate surface area is 119 Å². The minimum absolute atomic E-state index is 0.352. The summed E-state index contributed by atoms with van der Waals surface area (Å²) in [6.07, 6.45) is 3.49. The summed E-state index contributed by atoms with van der Waals surface area (Å²) in [5, 5.41) is 7.56. The summed E-state index contributed by atoms with van der Waals surface area (Å²) in [5.41, 5.74) is 0. The maximum atomic E-state index is 6.14. The zero-order valence-electron chi connectivity index (χ0n) is 11.2. The average molecular weight is 290 g/mol. The summed E-state index contributed by atoms with van der Waals surface area (Å²) < 4.78 is 0. The third kappa shape index (κ3) is 4.54. The molecule has 1 aromatic heterocycles. The van der Waals surface area contributed by atoms with Gasteiger partial charge in [-0.2, -0.15) is 0 Å². The molecule has 1 rings (SSSR count). The van der Waals surface area contributed by atoms with Crippen LogP contribution in [0.2, 0.25) is 10.0 Å². The highest BCUT2D eigenvalue weighted by molar-refractivity contribution is 6.37. The third-order valence-electron chi connectivity index (χ3n) is 2.65. The van der Waals surface area contributed by atoms with E-state index in [-0.39, 0.29) is 0 Å². The van der Waals surface area contributed by atoms with Crippen LogP contribution < -0.4 is 10.6 Å². The molecule has 1 aromatic rings. The lowest BCUT2D eigenvalue weighted by Crippen LogP contribution is -2.16. The molecule has 0 aliphatic carbocycles. The Kier molecular flexibility index (Phi) is 6.58. The van der Waals surface area contributed by atoms with Crippen LogP contribution in [-0.4, -0.2) is 17.6 Å². The summed E-state index contributed by atoms with van der Waals surface area (Å²) >= 11 is 12.2. The Hall–Kier alpha value is -0.670. The van der Waals surface area contributed by atoms with Gasteiger partial charge >= 0.3 is 0 Å². The fourth-order valence-electron chi connectivity index (χ4n) is 1.68. The molecule has 0 aliphatic heterocycles. The van der Waals surface area contributed by atoms with E-state index in [0.29, 0.717) is 27.7 Å². The van der Waals surface area contributed by atoms with Crippen molar-refractivity contribution in [2.45, 2.75) is 46.1 Å². The molecule has 5 heteroatoms. The first-order valence-corrected chi connectivity index (χ1v) is 7.20. The van der Waals surface area contributed by atoms with Gasteiger partial charge in [0.05, 0.1) is 10.0 Å². The van der Waals surface area contributed by atoms with Crippen LogP contribution in [0, 0.1) is 0 Å². The fourth-order valence-corrected chi connectivity index (χ4v) is 2.16. The molecule has 0 aromatic carbocycles. The molecule has 3 nitrogen and oxygen atoms in total. The molecule has 2 N–H and O–H groups in total. The first-order chi connectivity index (χ1) is 8.58. The number of nitrogens with one attached hydrogen (secondary N) is 2. The SMILES string of the molecule is CCCCC(C)Nc1nc(NCC)c(Cl)cc1Cl. The first kappa shape index (κ1) is 15.4. The zero-order chi connectivity index (χ0) is 13.5. The number of pyridine rings is 1. The number of rotatable bonds is 7. The van der Waals surface area contributed by atoms with Gasteiger partial charge in [0.1, 0.15) is 11.6 Å². The molecule has 0 amide bonds. The van der Waals surface area contributed by atoms with E-state index in [9.17, 15) is 0 Å². The van der Waals surface area contributed by atoms with Crippen molar-refractivity contribution >= 4 is 34.8 Å². The van der Waals surface area contributed by atoms with Gasteiger partial charge in [-0.1, -0.05) is 43.0 Å². The van der Waals surface area contributed by atoms with E-state index < -0.39 is 0 Å². The third-order valence-corrected chi connectivity index (χ3v) is 3.22. The highest BCUT2D eigenvalue weighted by Crippen LogP contribution is 2.29. The summed E-state index contributed by atoms with van der Waals surface area (Å²) in [4.78, 5) is 4.42. The van der Waals surface area contributed by atoms with Crippen molar-refractivity contribution < 1.29 is 0 Å². The van der Waals surface area contributed by atoms with Gasteiger partial charge in [0.15, 0.2) is 0 Å². The van der Waals surface area contributed by atoms with Gasteiger partial charge in [0, 0.05) is 12.6 Å². The summed E-state index contributed by atoms with van der Waals surface area (Å²) in [6.45, 7) is 7.10.